The highest BCUT2D eigenvalue weighted by Crippen LogP contribution is 2.22. The maximum Gasteiger partial charge on any atom is 0.106 e. The van der Waals surface area contributed by atoms with Crippen LogP contribution >= 0.6 is 22.6 Å². The Kier molecular flexibility index (Phi) is 6.91. The van der Waals surface area contributed by atoms with Crippen LogP contribution in [-0.2, 0) is 0 Å². The number of benzene rings is 1. The van der Waals surface area contributed by atoms with E-state index in [1.54, 1.807) is 0 Å². The van der Waals surface area contributed by atoms with Gasteiger partial charge in [-0.2, -0.15) is 0 Å². The second-order valence-corrected chi connectivity index (χ2v) is 6.77. The third-order valence-corrected chi connectivity index (χ3v) is 5.33. The summed E-state index contributed by atoms with van der Waals surface area (Å²) in [7, 11) is 0. The van der Waals surface area contributed by atoms with E-state index in [0.717, 1.165) is 6.42 Å². The Hall–Kier alpha value is -0.170. The van der Waals surface area contributed by atoms with Crippen LogP contribution in [0.25, 0.3) is 0 Å². The van der Waals surface area contributed by atoms with Gasteiger partial charge in [-0.1, -0.05) is 0 Å². The van der Waals surface area contributed by atoms with Crippen LogP contribution < -0.4 is 0 Å². The first kappa shape index (κ1) is 17.9. The molecular weight excluding hydrogens is 367 g/mol. The van der Waals surface area contributed by atoms with Crippen LogP contribution in [0.4, 0.5) is 0 Å². The maximum atomic E-state index is 8.95. The topological polar surface area (TPSA) is 60.7 Å². The first-order valence-corrected chi connectivity index (χ1v) is 8.10. The first-order chi connectivity index (χ1) is 9.25. The fourth-order valence-corrected chi connectivity index (χ4v) is 3.17. The maximum absolute atomic E-state index is 8.95. The molecule has 20 heavy (non-hydrogen) atoms. The van der Waals surface area contributed by atoms with E-state index < -0.39 is 18.3 Å². The molecule has 0 saturated heterocycles. The minimum atomic E-state index is -0.918. The molecule has 0 amide bonds. The number of hydrogen-bond donors (Lipinski definition) is 3. The molecule has 3 N–H and O–H groups in total. The van der Waals surface area contributed by atoms with Gasteiger partial charge in [0, 0.05) is 3.57 Å². The van der Waals surface area contributed by atoms with Crippen molar-refractivity contribution < 1.29 is 15.3 Å². The quantitative estimate of drug-likeness (QED) is 0.595. The summed E-state index contributed by atoms with van der Waals surface area (Å²) in [5.74, 6) is 0. The molecule has 1 aliphatic rings. The number of hydrogen-bond acceptors (Lipinski definition) is 3. The molecule has 114 valence electrons. The molecule has 0 aromatic heterocycles. The van der Waals surface area contributed by atoms with Gasteiger partial charge in [0.25, 0.3) is 0 Å². The minimum absolute atomic E-state index is 0.609. The van der Waals surface area contributed by atoms with E-state index in [2.05, 4.69) is 56.4 Å². The Morgan fingerprint density at radius 3 is 1.85 bits per heavy atom. The molecule has 4 heteroatoms. The second kappa shape index (κ2) is 7.73. The molecular formula is C16H25IO3. The van der Waals surface area contributed by atoms with Crippen LogP contribution in [0.3, 0.4) is 0 Å². The molecule has 3 nitrogen and oxygen atoms in total. The van der Waals surface area contributed by atoms with Gasteiger partial charge in [-0.15, -0.1) is 0 Å². The highest BCUT2D eigenvalue weighted by Gasteiger charge is 2.28. The molecule has 0 bridgehead atoms. The lowest BCUT2D eigenvalue weighted by Gasteiger charge is -2.27. The highest BCUT2D eigenvalue weighted by molar-refractivity contribution is 14.1. The average molecular weight is 392 g/mol. The zero-order valence-electron chi connectivity index (χ0n) is 12.7. The van der Waals surface area contributed by atoms with Gasteiger partial charge in [0.1, 0.15) is 6.10 Å². The van der Waals surface area contributed by atoms with Crippen LogP contribution in [-0.4, -0.2) is 33.6 Å². The minimum Gasteiger partial charge on any atom is -0.390 e. The number of rotatable bonds is 0. The van der Waals surface area contributed by atoms with Crippen LogP contribution in [0, 0.1) is 31.3 Å². The van der Waals surface area contributed by atoms with Crippen molar-refractivity contribution in [2.24, 2.45) is 0 Å². The molecule has 2 atom stereocenters. The van der Waals surface area contributed by atoms with Gasteiger partial charge in [0.05, 0.1) is 12.2 Å². The molecule has 2 rings (SSSR count). The molecule has 2 unspecified atom stereocenters. The molecule has 1 aromatic carbocycles. The lowest BCUT2D eigenvalue weighted by atomic mass is 9.92. The molecule has 0 radical (unpaired) electrons. The van der Waals surface area contributed by atoms with Crippen molar-refractivity contribution in [3.63, 3.8) is 0 Å². The highest BCUT2D eigenvalue weighted by atomic mass is 127. The van der Waals surface area contributed by atoms with E-state index in [-0.39, 0.29) is 0 Å². The van der Waals surface area contributed by atoms with E-state index in [1.807, 2.05) is 0 Å². The number of aryl methyl sites for hydroxylation is 1. The normalized spacial score (nSPS) is 25.9. The fourth-order valence-electron chi connectivity index (χ4n) is 2.30. The predicted molar refractivity (Wildman–Crippen MR) is 90.0 cm³/mol. The van der Waals surface area contributed by atoms with Gasteiger partial charge >= 0.3 is 0 Å². The van der Waals surface area contributed by atoms with Crippen LogP contribution in [0.2, 0.25) is 0 Å². The van der Waals surface area contributed by atoms with Crippen molar-refractivity contribution in [2.45, 2.75) is 65.3 Å². The molecule has 1 aliphatic carbocycles. The Balaban J connectivity index is 0.000000204. The summed E-state index contributed by atoms with van der Waals surface area (Å²) in [5.41, 5.74) is 5.70. The Labute approximate surface area is 135 Å². The van der Waals surface area contributed by atoms with E-state index in [4.69, 9.17) is 15.3 Å². The van der Waals surface area contributed by atoms with E-state index in [1.165, 1.54) is 25.8 Å². The van der Waals surface area contributed by atoms with Gasteiger partial charge in [0.2, 0.25) is 0 Å². The molecule has 0 spiro atoms. The van der Waals surface area contributed by atoms with Crippen LogP contribution in [0.5, 0.6) is 0 Å². The standard InChI is InChI=1S/C10H13I.C6H12O3/c1-6-5-10(11)9(4)8(3)7(6)2;7-4-2-1-3-5(8)6(4)9/h5H,1-4H3;4-9H,1-3H2. The summed E-state index contributed by atoms with van der Waals surface area (Å²) in [6, 6.07) is 2.25. The molecule has 0 aliphatic heterocycles. The first-order valence-electron chi connectivity index (χ1n) is 7.02. The van der Waals surface area contributed by atoms with Gasteiger partial charge in [0.15, 0.2) is 0 Å². The Morgan fingerprint density at radius 2 is 1.40 bits per heavy atom. The number of aliphatic hydroxyl groups excluding tert-OH is 3. The molecule has 1 fully saturated rings. The Morgan fingerprint density at radius 1 is 0.900 bits per heavy atom. The van der Waals surface area contributed by atoms with Crippen molar-refractivity contribution >= 4 is 22.6 Å². The zero-order chi connectivity index (χ0) is 15.4. The summed E-state index contributed by atoms with van der Waals surface area (Å²) in [6.07, 6.45) is -0.322. The largest absolute Gasteiger partial charge is 0.390 e. The average Bonchev–Trinajstić information content (AvgIpc) is 2.41. The monoisotopic (exact) mass is 392 g/mol. The van der Waals surface area contributed by atoms with Crippen LogP contribution in [0.1, 0.15) is 41.5 Å². The Bertz CT molecular complexity index is 423. The van der Waals surface area contributed by atoms with Gasteiger partial charge in [-0.3, -0.25) is 0 Å². The van der Waals surface area contributed by atoms with Gasteiger partial charge in [-0.25, -0.2) is 0 Å². The van der Waals surface area contributed by atoms with Gasteiger partial charge < -0.3 is 15.3 Å². The second-order valence-electron chi connectivity index (χ2n) is 5.61. The van der Waals surface area contributed by atoms with Crippen LogP contribution in [0.15, 0.2) is 6.07 Å². The predicted octanol–water partition coefficient (Wildman–Crippen LogP) is 2.78. The lowest BCUT2D eigenvalue weighted by Crippen LogP contribution is -2.40. The molecule has 1 aromatic rings. The van der Waals surface area contributed by atoms with Crippen molar-refractivity contribution in [3.8, 4) is 0 Å². The lowest BCUT2D eigenvalue weighted by molar-refractivity contribution is -0.0843. The van der Waals surface area contributed by atoms with Crippen molar-refractivity contribution in [1.82, 2.24) is 0 Å². The number of aliphatic hydroxyl groups is 3. The summed E-state index contributed by atoms with van der Waals surface area (Å²) >= 11 is 2.39. The fraction of sp³-hybridized carbons (Fsp3) is 0.625. The van der Waals surface area contributed by atoms with E-state index in [9.17, 15) is 0 Å². The zero-order valence-corrected chi connectivity index (χ0v) is 14.8. The summed E-state index contributed by atoms with van der Waals surface area (Å²) in [6.45, 7) is 8.74. The van der Waals surface area contributed by atoms with Crippen molar-refractivity contribution in [3.05, 3.63) is 31.9 Å². The summed E-state index contributed by atoms with van der Waals surface area (Å²) in [4.78, 5) is 0. The third-order valence-electron chi connectivity index (χ3n) is 4.21. The molecule has 0 heterocycles. The van der Waals surface area contributed by atoms with E-state index >= 15 is 0 Å². The van der Waals surface area contributed by atoms with E-state index in [0.29, 0.717) is 12.8 Å². The molecule has 1 saturated carbocycles. The van der Waals surface area contributed by atoms with Crippen molar-refractivity contribution in [1.29, 1.82) is 0 Å². The summed E-state index contributed by atoms with van der Waals surface area (Å²) < 4.78 is 1.38. The third kappa shape index (κ3) is 4.41. The van der Waals surface area contributed by atoms with Gasteiger partial charge in [-0.05, 0) is 97.9 Å². The smallest absolute Gasteiger partial charge is 0.106 e. The van der Waals surface area contributed by atoms with Crippen molar-refractivity contribution in [2.75, 3.05) is 0 Å². The summed E-state index contributed by atoms with van der Waals surface area (Å²) in [5, 5.41) is 26.8. The number of halogens is 1. The SMILES string of the molecule is Cc1cc(I)c(C)c(C)c1C.OC1CCCC(O)C1O.